The molecule has 0 unspecified atom stereocenters. The monoisotopic (exact) mass is 98.1 g/mol. The smallest absolute Gasteiger partial charge is 0.277 e. The Morgan fingerprint density at radius 3 is 2.00 bits per heavy atom. The Morgan fingerprint density at radius 1 is 1.57 bits per heavy atom. The molecular weight excluding hydrogens is 88.1 g/mol. The molecule has 7 heavy (non-hydrogen) atoms. The van der Waals surface area contributed by atoms with Crippen molar-refractivity contribution >= 4 is 0 Å². The molecule has 0 saturated carbocycles. The lowest BCUT2D eigenvalue weighted by molar-refractivity contribution is 0.568. The molecule has 0 saturated heterocycles. The Morgan fingerprint density at radius 2 is 2.00 bits per heavy atom. The van der Waals surface area contributed by atoms with Crippen LogP contribution in [0, 0.1) is 12.5 Å². The molecule has 0 heterocycles. The highest BCUT2D eigenvalue weighted by Gasteiger charge is 2.08. The standard InChI is InChI=1S/C5H10N2/c1-4(2)5(6)7-3/h4-5H,6H2,1-2H3/t5-/m0/s1. The maximum absolute atomic E-state index is 6.44. The van der Waals surface area contributed by atoms with Crippen LogP contribution in [0.4, 0.5) is 0 Å². The summed E-state index contributed by atoms with van der Waals surface area (Å²) in [6, 6.07) is 0. The number of hydrogen-bond acceptors (Lipinski definition) is 1. The van der Waals surface area contributed by atoms with Crippen LogP contribution in [-0.4, -0.2) is 6.17 Å². The highest BCUT2D eigenvalue weighted by atomic mass is 14.9. The predicted molar refractivity (Wildman–Crippen MR) is 29.4 cm³/mol. The second-order valence-corrected chi connectivity index (χ2v) is 1.86. The van der Waals surface area contributed by atoms with Crippen LogP contribution in [0.15, 0.2) is 0 Å². The first-order valence-corrected chi connectivity index (χ1v) is 2.30. The number of rotatable bonds is 1. The Labute approximate surface area is 44.1 Å². The average molecular weight is 98.1 g/mol. The molecule has 0 bridgehead atoms. The third kappa shape index (κ3) is 2.18. The molecule has 0 rings (SSSR count). The lowest BCUT2D eigenvalue weighted by Gasteiger charge is -1.98. The van der Waals surface area contributed by atoms with E-state index >= 15 is 0 Å². The molecule has 0 aliphatic rings. The van der Waals surface area contributed by atoms with Gasteiger partial charge in [-0.1, -0.05) is 13.8 Å². The van der Waals surface area contributed by atoms with Gasteiger partial charge >= 0.3 is 0 Å². The van der Waals surface area contributed by atoms with Crippen LogP contribution in [0.25, 0.3) is 4.85 Å². The Balaban J connectivity index is 3.40. The zero-order chi connectivity index (χ0) is 5.86. The Bertz CT molecular complexity index is 80.6. The van der Waals surface area contributed by atoms with Crippen LogP contribution < -0.4 is 5.73 Å². The van der Waals surface area contributed by atoms with E-state index < -0.39 is 0 Å². The van der Waals surface area contributed by atoms with Crippen LogP contribution in [-0.2, 0) is 0 Å². The minimum absolute atomic E-state index is 0.289. The predicted octanol–water partition coefficient (Wildman–Crippen LogP) is 0.846. The Hall–Kier alpha value is -0.550. The molecule has 2 N–H and O–H groups in total. The van der Waals surface area contributed by atoms with E-state index in [0.717, 1.165) is 0 Å². The zero-order valence-electron chi connectivity index (χ0n) is 4.68. The first-order valence-electron chi connectivity index (χ1n) is 2.30. The number of nitrogens with zero attached hydrogens (tertiary/aromatic N) is 1. The van der Waals surface area contributed by atoms with Crippen molar-refractivity contribution < 1.29 is 0 Å². The largest absolute Gasteiger partial charge is 0.296 e. The van der Waals surface area contributed by atoms with E-state index in [4.69, 9.17) is 12.3 Å². The number of nitrogens with two attached hydrogens (primary N) is 1. The van der Waals surface area contributed by atoms with E-state index in [1.165, 1.54) is 0 Å². The summed E-state index contributed by atoms with van der Waals surface area (Å²) in [5.74, 6) is 0.289. The van der Waals surface area contributed by atoms with Gasteiger partial charge in [-0.05, 0) is 0 Å². The highest BCUT2D eigenvalue weighted by molar-refractivity contribution is 4.73. The summed E-state index contributed by atoms with van der Waals surface area (Å²) in [5.41, 5.74) is 5.26. The molecular formula is C5H10N2. The molecule has 0 radical (unpaired) electrons. The van der Waals surface area contributed by atoms with Gasteiger partial charge in [-0.25, -0.2) is 6.57 Å². The van der Waals surface area contributed by atoms with E-state index in [1.54, 1.807) is 0 Å². The zero-order valence-corrected chi connectivity index (χ0v) is 4.68. The summed E-state index contributed by atoms with van der Waals surface area (Å²) in [6.45, 7) is 10.3. The van der Waals surface area contributed by atoms with Gasteiger partial charge in [0.2, 0.25) is 0 Å². The SMILES string of the molecule is [C-]#[N+][C@H](N)C(C)C. The normalized spacial score (nSPS) is 13.6. The van der Waals surface area contributed by atoms with E-state index in [1.807, 2.05) is 13.8 Å². The van der Waals surface area contributed by atoms with Gasteiger partial charge in [0.05, 0.1) is 0 Å². The van der Waals surface area contributed by atoms with E-state index in [9.17, 15) is 0 Å². The van der Waals surface area contributed by atoms with E-state index in [2.05, 4.69) is 4.85 Å². The van der Waals surface area contributed by atoms with Crippen molar-refractivity contribution in [2.45, 2.75) is 20.0 Å². The number of hydrogen-bond donors (Lipinski definition) is 1. The highest BCUT2D eigenvalue weighted by Crippen LogP contribution is 1.96. The second kappa shape index (κ2) is 2.59. The van der Waals surface area contributed by atoms with Crippen molar-refractivity contribution in [2.75, 3.05) is 0 Å². The van der Waals surface area contributed by atoms with Crippen LogP contribution in [0.1, 0.15) is 13.8 Å². The molecule has 0 aromatic carbocycles. The molecule has 0 aliphatic carbocycles. The Kier molecular flexibility index (Phi) is 2.39. The fourth-order valence-electron chi connectivity index (χ4n) is 0.149. The van der Waals surface area contributed by atoms with Crippen LogP contribution in [0.5, 0.6) is 0 Å². The topological polar surface area (TPSA) is 30.4 Å². The summed E-state index contributed by atoms with van der Waals surface area (Å²) in [7, 11) is 0. The fourth-order valence-corrected chi connectivity index (χ4v) is 0.149. The molecule has 0 amide bonds. The molecule has 0 spiro atoms. The third-order valence-corrected chi connectivity index (χ3v) is 0.832. The summed E-state index contributed by atoms with van der Waals surface area (Å²) >= 11 is 0. The molecule has 0 aliphatic heterocycles. The van der Waals surface area contributed by atoms with Crippen molar-refractivity contribution in [3.8, 4) is 0 Å². The maximum Gasteiger partial charge on any atom is 0.277 e. The van der Waals surface area contributed by atoms with Gasteiger partial charge in [0.15, 0.2) is 0 Å². The third-order valence-electron chi connectivity index (χ3n) is 0.832. The molecule has 0 aromatic rings. The molecule has 2 heteroatoms. The first kappa shape index (κ1) is 6.45. The van der Waals surface area contributed by atoms with Crippen LogP contribution in [0.2, 0.25) is 0 Å². The van der Waals surface area contributed by atoms with Crippen molar-refractivity contribution in [3.05, 3.63) is 11.4 Å². The van der Waals surface area contributed by atoms with Gasteiger partial charge in [0.1, 0.15) is 0 Å². The van der Waals surface area contributed by atoms with Gasteiger partial charge in [-0.3, -0.25) is 10.6 Å². The van der Waals surface area contributed by atoms with Crippen molar-refractivity contribution in [3.63, 3.8) is 0 Å². The summed E-state index contributed by atoms with van der Waals surface area (Å²) in [6.07, 6.45) is -0.306. The minimum atomic E-state index is -0.306. The summed E-state index contributed by atoms with van der Waals surface area (Å²) in [4.78, 5) is 3.12. The van der Waals surface area contributed by atoms with E-state index in [0.29, 0.717) is 0 Å². The van der Waals surface area contributed by atoms with E-state index in [-0.39, 0.29) is 12.1 Å². The van der Waals surface area contributed by atoms with Gasteiger partial charge in [0, 0.05) is 5.92 Å². The van der Waals surface area contributed by atoms with Crippen molar-refractivity contribution in [2.24, 2.45) is 11.7 Å². The lowest BCUT2D eigenvalue weighted by Crippen LogP contribution is -2.21. The minimum Gasteiger partial charge on any atom is -0.296 e. The fraction of sp³-hybridized carbons (Fsp3) is 0.800. The first-order chi connectivity index (χ1) is 3.18. The average Bonchev–Trinajstić information content (AvgIpc) is 1.65. The van der Waals surface area contributed by atoms with Gasteiger partial charge in [0.25, 0.3) is 6.17 Å². The molecule has 40 valence electrons. The second-order valence-electron chi connectivity index (χ2n) is 1.86. The van der Waals surface area contributed by atoms with Crippen LogP contribution >= 0.6 is 0 Å². The van der Waals surface area contributed by atoms with Gasteiger partial charge in [-0.15, -0.1) is 0 Å². The van der Waals surface area contributed by atoms with Crippen molar-refractivity contribution in [1.82, 2.24) is 0 Å². The van der Waals surface area contributed by atoms with Crippen LogP contribution in [0.3, 0.4) is 0 Å². The maximum atomic E-state index is 6.44. The van der Waals surface area contributed by atoms with Gasteiger partial charge in [-0.2, -0.15) is 0 Å². The van der Waals surface area contributed by atoms with Gasteiger partial charge < -0.3 is 0 Å². The molecule has 1 atom stereocenters. The van der Waals surface area contributed by atoms with Crippen molar-refractivity contribution in [1.29, 1.82) is 0 Å². The molecule has 0 aromatic heterocycles. The molecule has 2 nitrogen and oxygen atoms in total. The quantitative estimate of drug-likeness (QED) is 0.484. The summed E-state index contributed by atoms with van der Waals surface area (Å²) in [5, 5.41) is 0. The lowest BCUT2D eigenvalue weighted by atomic mass is 10.2. The summed E-state index contributed by atoms with van der Waals surface area (Å²) < 4.78 is 0. The molecule has 0 fully saturated rings.